The van der Waals surface area contributed by atoms with E-state index < -0.39 is 0 Å². The van der Waals surface area contributed by atoms with Crippen LogP contribution < -0.4 is 10.1 Å². The minimum Gasteiger partial charge on any atom is -0.495 e. The number of carbonyl (C=O) groups excluding carboxylic acids is 1. The minimum absolute atomic E-state index is 0.0581. The molecular weight excluding hydrogens is 316 g/mol. The minimum atomic E-state index is -0.0581. The largest absolute Gasteiger partial charge is 0.495 e. The molecular formula is C19H26N4O2. The highest BCUT2D eigenvalue weighted by molar-refractivity contribution is 5.92. The Morgan fingerprint density at radius 2 is 1.84 bits per heavy atom. The van der Waals surface area contributed by atoms with Crippen LogP contribution in [0.1, 0.15) is 42.9 Å². The molecule has 6 heteroatoms. The van der Waals surface area contributed by atoms with Crippen molar-refractivity contribution in [3.8, 4) is 5.75 Å². The maximum Gasteiger partial charge on any atom is 0.272 e. The van der Waals surface area contributed by atoms with E-state index in [-0.39, 0.29) is 5.91 Å². The number of nitrogens with zero attached hydrogens (tertiary/aromatic N) is 3. The second kappa shape index (κ2) is 9.01. The van der Waals surface area contributed by atoms with Gasteiger partial charge < -0.3 is 15.0 Å². The van der Waals surface area contributed by atoms with Crippen LogP contribution in [-0.4, -0.2) is 41.0 Å². The van der Waals surface area contributed by atoms with Gasteiger partial charge in [-0.1, -0.05) is 26.0 Å². The summed E-state index contributed by atoms with van der Waals surface area (Å²) < 4.78 is 5.33. The van der Waals surface area contributed by atoms with Crippen LogP contribution in [0.4, 0.5) is 11.6 Å². The highest BCUT2D eigenvalue weighted by Crippen LogP contribution is 2.25. The molecule has 6 nitrogen and oxygen atoms in total. The summed E-state index contributed by atoms with van der Waals surface area (Å²) in [6, 6.07) is 9.26. The molecule has 0 bridgehead atoms. The number of rotatable bonds is 8. The molecule has 0 atom stereocenters. The van der Waals surface area contributed by atoms with E-state index in [1.165, 1.54) is 0 Å². The summed E-state index contributed by atoms with van der Waals surface area (Å²) in [6.07, 6.45) is 1.84. The molecule has 0 unspecified atom stereocenters. The third-order valence-corrected chi connectivity index (χ3v) is 3.70. The van der Waals surface area contributed by atoms with Gasteiger partial charge in [-0.15, -0.1) is 0 Å². The zero-order chi connectivity index (χ0) is 18.2. The molecule has 25 heavy (non-hydrogen) atoms. The van der Waals surface area contributed by atoms with Crippen molar-refractivity contribution in [3.63, 3.8) is 0 Å². The Balaban J connectivity index is 2.29. The predicted molar refractivity (Wildman–Crippen MR) is 99.5 cm³/mol. The van der Waals surface area contributed by atoms with Crippen LogP contribution >= 0.6 is 0 Å². The van der Waals surface area contributed by atoms with Crippen LogP contribution in [0.25, 0.3) is 0 Å². The van der Waals surface area contributed by atoms with E-state index in [0.29, 0.717) is 17.4 Å². The summed E-state index contributed by atoms with van der Waals surface area (Å²) in [5.74, 6) is 1.03. The van der Waals surface area contributed by atoms with Crippen molar-refractivity contribution in [1.29, 1.82) is 0 Å². The normalized spacial score (nSPS) is 10.4. The highest BCUT2D eigenvalue weighted by Gasteiger charge is 2.17. The van der Waals surface area contributed by atoms with Gasteiger partial charge in [0.05, 0.1) is 12.8 Å². The number of ether oxygens (including phenoxy) is 1. The van der Waals surface area contributed by atoms with Crippen molar-refractivity contribution in [3.05, 3.63) is 41.7 Å². The molecule has 0 radical (unpaired) electrons. The summed E-state index contributed by atoms with van der Waals surface area (Å²) in [6.45, 7) is 7.44. The molecule has 1 aromatic heterocycles. The lowest BCUT2D eigenvalue weighted by Crippen LogP contribution is -2.33. The van der Waals surface area contributed by atoms with E-state index in [9.17, 15) is 4.79 Å². The number of nitrogens with one attached hydrogen (secondary N) is 1. The lowest BCUT2D eigenvalue weighted by Gasteiger charge is -2.21. The van der Waals surface area contributed by atoms with Crippen LogP contribution in [0.2, 0.25) is 0 Å². The number of aromatic nitrogens is 2. The molecule has 134 valence electrons. The number of carbonyl (C=O) groups is 1. The van der Waals surface area contributed by atoms with Gasteiger partial charge in [-0.3, -0.25) is 4.79 Å². The Hall–Kier alpha value is -2.63. The summed E-state index contributed by atoms with van der Waals surface area (Å²) >= 11 is 0. The fourth-order valence-corrected chi connectivity index (χ4v) is 2.62. The molecule has 0 saturated carbocycles. The topological polar surface area (TPSA) is 67.4 Å². The Morgan fingerprint density at radius 3 is 2.48 bits per heavy atom. The highest BCUT2D eigenvalue weighted by atomic mass is 16.5. The predicted octanol–water partition coefficient (Wildman–Crippen LogP) is 3.80. The number of para-hydroxylation sites is 2. The first-order valence-electron chi connectivity index (χ1n) is 8.64. The van der Waals surface area contributed by atoms with Crippen LogP contribution in [0, 0.1) is 6.92 Å². The van der Waals surface area contributed by atoms with Gasteiger partial charge >= 0.3 is 0 Å². The summed E-state index contributed by atoms with van der Waals surface area (Å²) in [7, 11) is 1.61. The van der Waals surface area contributed by atoms with Gasteiger partial charge in [0.2, 0.25) is 5.95 Å². The smallest absolute Gasteiger partial charge is 0.272 e. The average molecular weight is 342 g/mol. The maximum atomic E-state index is 12.8. The van der Waals surface area contributed by atoms with Crippen LogP contribution in [-0.2, 0) is 0 Å². The van der Waals surface area contributed by atoms with Gasteiger partial charge in [0.25, 0.3) is 5.91 Å². The van der Waals surface area contributed by atoms with Crippen LogP contribution in [0.5, 0.6) is 5.75 Å². The molecule has 0 spiro atoms. The second-order valence-corrected chi connectivity index (χ2v) is 5.84. The average Bonchev–Trinajstić information content (AvgIpc) is 2.61. The van der Waals surface area contributed by atoms with Crippen LogP contribution in [0.3, 0.4) is 0 Å². The Morgan fingerprint density at radius 1 is 1.16 bits per heavy atom. The number of anilines is 2. The molecule has 0 aliphatic rings. The molecule has 1 aromatic carbocycles. The number of methoxy groups -OCH3 is 1. The number of hydrogen-bond acceptors (Lipinski definition) is 5. The summed E-state index contributed by atoms with van der Waals surface area (Å²) in [4.78, 5) is 23.4. The molecule has 2 aromatic rings. The Kier molecular flexibility index (Phi) is 6.74. The molecule has 0 saturated heterocycles. The van der Waals surface area contributed by atoms with Crippen molar-refractivity contribution in [2.45, 2.75) is 33.6 Å². The first kappa shape index (κ1) is 18.7. The Bertz CT molecular complexity index is 712. The fourth-order valence-electron chi connectivity index (χ4n) is 2.62. The van der Waals surface area contributed by atoms with Crippen molar-refractivity contribution in [2.24, 2.45) is 0 Å². The van der Waals surface area contributed by atoms with Gasteiger partial charge in [-0.25, -0.2) is 9.97 Å². The van der Waals surface area contributed by atoms with E-state index in [1.54, 1.807) is 13.2 Å². The van der Waals surface area contributed by atoms with Gasteiger partial charge in [-0.05, 0) is 38.0 Å². The van der Waals surface area contributed by atoms with Crippen molar-refractivity contribution in [1.82, 2.24) is 14.9 Å². The number of amides is 1. The summed E-state index contributed by atoms with van der Waals surface area (Å²) in [5.41, 5.74) is 1.91. The van der Waals surface area contributed by atoms with Gasteiger partial charge in [0, 0.05) is 18.8 Å². The zero-order valence-corrected chi connectivity index (χ0v) is 15.4. The van der Waals surface area contributed by atoms with Crippen molar-refractivity contribution in [2.75, 3.05) is 25.5 Å². The molecule has 1 heterocycles. The van der Waals surface area contributed by atoms with Gasteiger partial charge in [-0.2, -0.15) is 0 Å². The first-order valence-corrected chi connectivity index (χ1v) is 8.64. The lowest BCUT2D eigenvalue weighted by molar-refractivity contribution is 0.0749. The fraction of sp³-hybridized carbons (Fsp3) is 0.421. The van der Waals surface area contributed by atoms with E-state index in [1.807, 2.05) is 36.1 Å². The van der Waals surface area contributed by atoms with E-state index in [2.05, 4.69) is 29.1 Å². The zero-order valence-electron chi connectivity index (χ0n) is 15.4. The molecule has 1 amide bonds. The lowest BCUT2D eigenvalue weighted by atomic mass is 10.2. The first-order chi connectivity index (χ1) is 12.1. The van der Waals surface area contributed by atoms with E-state index >= 15 is 0 Å². The molecule has 1 N–H and O–H groups in total. The number of benzene rings is 1. The third-order valence-electron chi connectivity index (χ3n) is 3.70. The Labute approximate surface area is 149 Å². The monoisotopic (exact) mass is 342 g/mol. The third kappa shape index (κ3) is 4.92. The van der Waals surface area contributed by atoms with Gasteiger partial charge in [0.15, 0.2) is 0 Å². The molecule has 0 aliphatic carbocycles. The standard InChI is InChI=1S/C19H26N4O2/c1-5-11-23(12-6-2)18(24)16-13-14(3)20-19(22-16)21-15-9-7-8-10-17(15)25-4/h7-10,13H,5-6,11-12H2,1-4H3,(H,20,21,22). The molecule has 0 aliphatic heterocycles. The van der Waals surface area contributed by atoms with Crippen LogP contribution in [0.15, 0.2) is 30.3 Å². The quantitative estimate of drug-likeness (QED) is 0.790. The summed E-state index contributed by atoms with van der Waals surface area (Å²) in [5, 5.41) is 3.14. The molecule has 0 fully saturated rings. The van der Waals surface area contributed by atoms with E-state index in [4.69, 9.17) is 4.74 Å². The SMILES string of the molecule is CCCN(CCC)C(=O)c1cc(C)nc(Nc2ccccc2OC)n1. The maximum absolute atomic E-state index is 12.8. The van der Waals surface area contributed by atoms with Crippen molar-refractivity contribution >= 4 is 17.5 Å². The van der Waals surface area contributed by atoms with Gasteiger partial charge in [0.1, 0.15) is 11.4 Å². The second-order valence-electron chi connectivity index (χ2n) is 5.84. The number of aryl methyl sites for hydroxylation is 1. The van der Waals surface area contributed by atoms with Crippen molar-refractivity contribution < 1.29 is 9.53 Å². The van der Waals surface area contributed by atoms with E-state index in [0.717, 1.165) is 37.3 Å². The molecule has 2 rings (SSSR count). The number of hydrogen-bond donors (Lipinski definition) is 1.